The van der Waals surface area contributed by atoms with E-state index in [2.05, 4.69) is 5.32 Å². The maximum atomic E-state index is 13.2. The monoisotopic (exact) mass is 488 g/mol. The van der Waals surface area contributed by atoms with Crippen molar-refractivity contribution in [2.45, 2.75) is 109 Å². The van der Waals surface area contributed by atoms with E-state index < -0.39 is 29.9 Å². The van der Waals surface area contributed by atoms with Gasteiger partial charge in [0.1, 0.15) is 5.60 Å². The molecule has 1 aliphatic heterocycles. The first-order valence-corrected chi connectivity index (χ1v) is 13.2. The molecule has 2 fully saturated rings. The molecular weight excluding hydrogens is 444 g/mol. The predicted octanol–water partition coefficient (Wildman–Crippen LogP) is 4.46. The zero-order valence-corrected chi connectivity index (χ0v) is 21.9. The first-order valence-electron chi connectivity index (χ1n) is 13.2. The van der Waals surface area contributed by atoms with Crippen LogP contribution in [0.4, 0.5) is 4.79 Å². The number of hydrogen-bond donors (Lipinski definition) is 2. The predicted molar refractivity (Wildman–Crippen MR) is 136 cm³/mol. The topological polar surface area (TPSA) is 88.1 Å². The highest BCUT2D eigenvalue weighted by molar-refractivity contribution is 5.73. The van der Waals surface area contributed by atoms with Gasteiger partial charge in [0.15, 0.2) is 0 Å². The number of nitrogens with zero attached hydrogens (tertiary/aromatic N) is 1. The summed E-state index contributed by atoms with van der Waals surface area (Å²) in [5.74, 6) is 0.511. The number of nitrogens with one attached hydrogen (secondary N) is 1. The normalized spacial score (nSPS) is 23.4. The lowest BCUT2D eigenvalue weighted by molar-refractivity contribution is -0.124. The van der Waals surface area contributed by atoms with Gasteiger partial charge in [0.2, 0.25) is 5.91 Å². The van der Waals surface area contributed by atoms with E-state index in [1.54, 1.807) is 4.90 Å². The maximum Gasteiger partial charge on any atom is 0.410 e. The van der Waals surface area contributed by atoms with E-state index in [-0.39, 0.29) is 18.6 Å². The van der Waals surface area contributed by atoms with Gasteiger partial charge in [-0.25, -0.2) is 4.79 Å². The Labute approximate surface area is 210 Å². The average molecular weight is 489 g/mol. The Kier molecular flexibility index (Phi) is 9.99. The number of carbonyl (C=O) groups excluding carboxylic acids is 2. The third-order valence-corrected chi connectivity index (χ3v) is 7.05. The van der Waals surface area contributed by atoms with Gasteiger partial charge in [0.25, 0.3) is 0 Å². The van der Waals surface area contributed by atoms with Crippen LogP contribution in [0.15, 0.2) is 30.3 Å². The number of hydrogen-bond acceptors (Lipinski definition) is 5. The molecule has 2 N–H and O–H groups in total. The van der Waals surface area contributed by atoms with Gasteiger partial charge in [-0.3, -0.25) is 9.69 Å². The molecule has 2 amide bonds. The zero-order valence-electron chi connectivity index (χ0n) is 21.9. The molecule has 0 spiro atoms. The van der Waals surface area contributed by atoms with E-state index in [4.69, 9.17) is 9.47 Å². The van der Waals surface area contributed by atoms with Crippen LogP contribution in [-0.2, 0) is 20.7 Å². The molecule has 1 saturated carbocycles. The van der Waals surface area contributed by atoms with Crippen molar-refractivity contribution in [1.29, 1.82) is 0 Å². The second kappa shape index (κ2) is 12.7. The lowest BCUT2D eigenvalue weighted by atomic mass is 9.85. The van der Waals surface area contributed by atoms with E-state index in [1.165, 1.54) is 39.0 Å². The van der Waals surface area contributed by atoms with Gasteiger partial charge in [0, 0.05) is 6.92 Å². The SMILES string of the molecule is CC(=O)N[C@@H](Cc1ccccc1)[C@H](O)C1COC(CCC2CCCCC2)CN1C(=O)OC(C)(C)C. The van der Waals surface area contributed by atoms with Gasteiger partial charge >= 0.3 is 6.09 Å². The minimum atomic E-state index is -1.01. The molecule has 1 aliphatic carbocycles. The smallest absolute Gasteiger partial charge is 0.410 e. The minimum absolute atomic E-state index is 0.0822. The van der Waals surface area contributed by atoms with Crippen molar-refractivity contribution < 1.29 is 24.2 Å². The van der Waals surface area contributed by atoms with Crippen molar-refractivity contribution in [3.63, 3.8) is 0 Å². The summed E-state index contributed by atoms with van der Waals surface area (Å²) in [5.41, 5.74) is 0.347. The molecule has 2 aliphatic rings. The van der Waals surface area contributed by atoms with Crippen molar-refractivity contribution in [2.24, 2.45) is 5.92 Å². The maximum absolute atomic E-state index is 13.2. The molecular formula is C28H44N2O5. The lowest BCUT2D eigenvalue weighted by Crippen LogP contribution is -2.62. The summed E-state index contributed by atoms with van der Waals surface area (Å²) in [7, 11) is 0. The molecule has 0 radical (unpaired) electrons. The molecule has 35 heavy (non-hydrogen) atoms. The molecule has 0 bridgehead atoms. The standard InChI is InChI=1S/C28H44N2O5/c1-20(31)29-24(17-22-13-9-6-10-14-22)26(32)25-19-34-23(16-15-21-11-7-5-8-12-21)18-30(25)27(33)35-28(2,3)4/h6,9-10,13-14,21,23-26,32H,5,7-8,11-12,15-19H2,1-4H3,(H,29,31)/t23?,24-,25?,26-/m0/s1. The fourth-order valence-corrected chi connectivity index (χ4v) is 5.27. The second-order valence-corrected chi connectivity index (χ2v) is 11.2. The van der Waals surface area contributed by atoms with E-state index >= 15 is 0 Å². The number of aliphatic hydroxyl groups excluding tert-OH is 1. The van der Waals surface area contributed by atoms with Crippen molar-refractivity contribution in [3.05, 3.63) is 35.9 Å². The first kappa shape index (κ1) is 27.5. The lowest BCUT2D eigenvalue weighted by Gasteiger charge is -2.44. The van der Waals surface area contributed by atoms with Crippen molar-refractivity contribution in [3.8, 4) is 0 Å². The van der Waals surface area contributed by atoms with Gasteiger partial charge in [-0.2, -0.15) is 0 Å². The Bertz CT molecular complexity index is 803. The van der Waals surface area contributed by atoms with Gasteiger partial charge in [0.05, 0.1) is 37.4 Å². The highest BCUT2D eigenvalue weighted by Crippen LogP contribution is 2.30. The first-order chi connectivity index (χ1) is 16.6. The molecule has 7 nitrogen and oxygen atoms in total. The largest absolute Gasteiger partial charge is 0.444 e. The summed E-state index contributed by atoms with van der Waals surface area (Å²) in [4.78, 5) is 26.8. The number of amides is 2. The van der Waals surface area contributed by atoms with Crippen molar-refractivity contribution >= 4 is 12.0 Å². The Morgan fingerprint density at radius 3 is 2.46 bits per heavy atom. The summed E-state index contributed by atoms with van der Waals surface area (Å²) in [6.45, 7) is 7.55. The van der Waals surface area contributed by atoms with Crippen LogP contribution in [0.2, 0.25) is 0 Å². The average Bonchev–Trinajstić information content (AvgIpc) is 2.82. The van der Waals surface area contributed by atoms with Gasteiger partial charge in [-0.15, -0.1) is 0 Å². The third-order valence-electron chi connectivity index (χ3n) is 7.05. The van der Waals surface area contributed by atoms with Crippen LogP contribution in [0.25, 0.3) is 0 Å². The van der Waals surface area contributed by atoms with Crippen LogP contribution in [0, 0.1) is 5.92 Å². The molecule has 3 rings (SSSR count). The summed E-state index contributed by atoms with van der Waals surface area (Å²) >= 11 is 0. The van der Waals surface area contributed by atoms with Crippen LogP contribution in [0.5, 0.6) is 0 Å². The summed E-state index contributed by atoms with van der Waals surface area (Å²) in [6.07, 6.45) is 7.41. The van der Waals surface area contributed by atoms with Crippen molar-refractivity contribution in [1.82, 2.24) is 10.2 Å². The van der Waals surface area contributed by atoms with Crippen LogP contribution in [-0.4, -0.2) is 65.1 Å². The van der Waals surface area contributed by atoms with Crippen LogP contribution in [0.1, 0.15) is 78.2 Å². The quantitative estimate of drug-likeness (QED) is 0.564. The van der Waals surface area contributed by atoms with E-state index in [1.807, 2.05) is 51.1 Å². The Hall–Kier alpha value is -2.12. The van der Waals surface area contributed by atoms with Gasteiger partial charge in [-0.1, -0.05) is 62.4 Å². The van der Waals surface area contributed by atoms with E-state index in [0.29, 0.717) is 13.0 Å². The number of carbonyl (C=O) groups is 2. The number of rotatable bonds is 8. The molecule has 7 heteroatoms. The fourth-order valence-electron chi connectivity index (χ4n) is 5.27. The summed E-state index contributed by atoms with van der Waals surface area (Å²) < 4.78 is 11.9. The highest BCUT2D eigenvalue weighted by atomic mass is 16.6. The Morgan fingerprint density at radius 1 is 1.14 bits per heavy atom. The third kappa shape index (κ3) is 8.80. The zero-order chi connectivity index (χ0) is 25.4. The van der Waals surface area contributed by atoms with Crippen LogP contribution in [0.3, 0.4) is 0 Å². The van der Waals surface area contributed by atoms with E-state index in [0.717, 1.165) is 24.3 Å². The number of morpholine rings is 1. The molecule has 1 saturated heterocycles. The number of aliphatic hydroxyl groups is 1. The van der Waals surface area contributed by atoms with Crippen molar-refractivity contribution in [2.75, 3.05) is 13.2 Å². The van der Waals surface area contributed by atoms with Gasteiger partial charge in [-0.05, 0) is 51.5 Å². The van der Waals surface area contributed by atoms with Crippen LogP contribution < -0.4 is 5.32 Å². The highest BCUT2D eigenvalue weighted by Gasteiger charge is 2.41. The Balaban J connectivity index is 1.73. The molecule has 2 unspecified atom stereocenters. The summed E-state index contributed by atoms with van der Waals surface area (Å²) in [6, 6.07) is 8.54. The second-order valence-electron chi connectivity index (χ2n) is 11.2. The molecule has 1 aromatic carbocycles. The number of ether oxygens (including phenoxy) is 2. The molecule has 196 valence electrons. The molecule has 1 aromatic rings. The Morgan fingerprint density at radius 2 is 1.83 bits per heavy atom. The number of benzene rings is 1. The minimum Gasteiger partial charge on any atom is -0.444 e. The molecule has 0 aromatic heterocycles. The van der Waals surface area contributed by atoms with E-state index in [9.17, 15) is 14.7 Å². The molecule has 4 atom stereocenters. The van der Waals surface area contributed by atoms with Gasteiger partial charge < -0.3 is 19.9 Å². The van der Waals surface area contributed by atoms with Crippen LogP contribution >= 0.6 is 0 Å². The fraction of sp³-hybridized carbons (Fsp3) is 0.714. The molecule has 1 heterocycles. The summed E-state index contributed by atoms with van der Waals surface area (Å²) in [5, 5.41) is 14.3.